The second-order valence-electron chi connectivity index (χ2n) is 5.82. The number of pyridine rings is 1. The zero-order valence-electron chi connectivity index (χ0n) is 13.8. The van der Waals surface area contributed by atoms with Crippen LogP contribution in [0.15, 0.2) is 41.6 Å². The van der Waals surface area contributed by atoms with Crippen LogP contribution in [0, 0.1) is 0 Å². The number of nitrogens with zero attached hydrogens (tertiary/aromatic N) is 2. The zero-order chi connectivity index (χ0) is 17.0. The van der Waals surface area contributed by atoms with E-state index >= 15 is 0 Å². The minimum absolute atomic E-state index is 0. The Bertz CT molecular complexity index is 790. The molecule has 1 aromatic carbocycles. The smallest absolute Gasteiger partial charge is 0.241 e. The third kappa shape index (κ3) is 4.87. The number of aliphatic hydroxyl groups excluding tert-OH is 1. The first kappa shape index (κ1) is 20.0. The highest BCUT2D eigenvalue weighted by Crippen LogP contribution is 2.21. The molecule has 0 amide bonds. The highest BCUT2D eigenvalue weighted by Gasteiger charge is 2.22. The molecule has 1 aliphatic rings. The lowest BCUT2D eigenvalue weighted by Crippen LogP contribution is -2.45. The van der Waals surface area contributed by atoms with E-state index < -0.39 is 16.3 Å². The van der Waals surface area contributed by atoms with Crippen molar-refractivity contribution in [1.29, 1.82) is 0 Å². The van der Waals surface area contributed by atoms with Crippen LogP contribution in [0.3, 0.4) is 0 Å². The predicted octanol–water partition coefficient (Wildman–Crippen LogP) is 0.549. The van der Waals surface area contributed by atoms with E-state index in [4.69, 9.17) is 0 Å². The standard InChI is InChI=1S/C16H22N4O3S.ClH/c21-16(20-9-2-6-17-8-10-20)12-19-24(22,23)15-4-1-3-13-11-18-7-5-14(13)15;/h1,3-5,7,11,16-17,19,21H,2,6,8-10,12H2;1H. The summed E-state index contributed by atoms with van der Waals surface area (Å²) < 4.78 is 27.8. The van der Waals surface area contributed by atoms with Crippen molar-refractivity contribution < 1.29 is 13.5 Å². The average molecular weight is 387 g/mol. The number of hydrogen-bond acceptors (Lipinski definition) is 6. The average Bonchev–Trinajstić information content (AvgIpc) is 2.88. The number of rotatable bonds is 5. The Kier molecular flexibility index (Phi) is 7.12. The highest BCUT2D eigenvalue weighted by atomic mass is 35.5. The maximum atomic E-state index is 12.6. The molecule has 25 heavy (non-hydrogen) atoms. The summed E-state index contributed by atoms with van der Waals surface area (Å²) in [6, 6.07) is 6.75. The van der Waals surface area contributed by atoms with Crippen molar-refractivity contribution in [2.24, 2.45) is 0 Å². The summed E-state index contributed by atoms with van der Waals surface area (Å²) in [7, 11) is -3.71. The van der Waals surface area contributed by atoms with Gasteiger partial charge in [0, 0.05) is 42.8 Å². The van der Waals surface area contributed by atoms with E-state index in [1.54, 1.807) is 30.6 Å². The molecule has 1 aliphatic heterocycles. The topological polar surface area (TPSA) is 94.6 Å². The summed E-state index contributed by atoms with van der Waals surface area (Å²) >= 11 is 0. The second kappa shape index (κ2) is 8.88. The fraction of sp³-hybridized carbons (Fsp3) is 0.438. The van der Waals surface area contributed by atoms with Crippen LogP contribution in [-0.4, -0.2) is 62.4 Å². The number of fused-ring (bicyclic) bond motifs is 1. The molecule has 7 nitrogen and oxygen atoms in total. The van der Waals surface area contributed by atoms with Gasteiger partial charge in [0.1, 0.15) is 6.23 Å². The normalized spacial score (nSPS) is 17.6. The number of hydrogen-bond donors (Lipinski definition) is 3. The molecule has 0 radical (unpaired) electrons. The van der Waals surface area contributed by atoms with Crippen LogP contribution in [0.2, 0.25) is 0 Å². The van der Waals surface area contributed by atoms with E-state index in [1.807, 2.05) is 11.0 Å². The predicted molar refractivity (Wildman–Crippen MR) is 99.2 cm³/mol. The van der Waals surface area contributed by atoms with Crippen LogP contribution in [0.25, 0.3) is 10.8 Å². The van der Waals surface area contributed by atoms with Gasteiger partial charge in [-0.25, -0.2) is 13.1 Å². The van der Waals surface area contributed by atoms with Gasteiger partial charge in [-0.1, -0.05) is 12.1 Å². The molecular formula is C16H23ClN4O3S. The number of sulfonamides is 1. The van der Waals surface area contributed by atoms with E-state index in [2.05, 4.69) is 15.0 Å². The molecule has 0 saturated carbocycles. The summed E-state index contributed by atoms with van der Waals surface area (Å²) in [4.78, 5) is 6.10. The van der Waals surface area contributed by atoms with Crippen LogP contribution in [0.4, 0.5) is 0 Å². The largest absolute Gasteiger partial charge is 0.377 e. The minimum atomic E-state index is -3.71. The molecule has 138 valence electrons. The lowest BCUT2D eigenvalue weighted by Gasteiger charge is -2.26. The van der Waals surface area contributed by atoms with Crippen LogP contribution in [0.5, 0.6) is 0 Å². The Labute approximate surface area is 153 Å². The number of benzene rings is 1. The summed E-state index contributed by atoms with van der Waals surface area (Å²) in [5, 5.41) is 14.9. The first-order chi connectivity index (χ1) is 11.6. The molecule has 3 N–H and O–H groups in total. The Balaban J connectivity index is 0.00000225. The van der Waals surface area contributed by atoms with Gasteiger partial charge >= 0.3 is 0 Å². The third-order valence-corrected chi connectivity index (χ3v) is 5.66. The summed E-state index contributed by atoms with van der Waals surface area (Å²) in [6.07, 6.45) is 3.30. The molecule has 1 atom stereocenters. The SMILES string of the molecule is Cl.O=S(=O)(NCC(O)N1CCCNCC1)c1cccc2cnccc12. The van der Waals surface area contributed by atoms with E-state index in [1.165, 1.54) is 0 Å². The zero-order valence-corrected chi connectivity index (χ0v) is 15.4. The van der Waals surface area contributed by atoms with Crippen molar-refractivity contribution in [3.8, 4) is 0 Å². The summed E-state index contributed by atoms with van der Waals surface area (Å²) in [6.45, 7) is 3.11. The van der Waals surface area contributed by atoms with Crippen molar-refractivity contribution in [2.45, 2.75) is 17.5 Å². The van der Waals surface area contributed by atoms with E-state index in [0.29, 0.717) is 11.9 Å². The van der Waals surface area contributed by atoms with Gasteiger partial charge in [-0.2, -0.15) is 0 Å². The number of nitrogens with one attached hydrogen (secondary N) is 2. The van der Waals surface area contributed by atoms with Gasteiger partial charge in [-0.15, -0.1) is 12.4 Å². The second-order valence-corrected chi connectivity index (χ2v) is 7.56. The van der Waals surface area contributed by atoms with Gasteiger partial charge < -0.3 is 10.4 Å². The van der Waals surface area contributed by atoms with Crippen molar-refractivity contribution >= 4 is 33.2 Å². The molecule has 2 aromatic rings. The number of aromatic nitrogens is 1. The Morgan fingerprint density at radius 3 is 2.96 bits per heavy atom. The Hall–Kier alpha value is -1.29. The van der Waals surface area contributed by atoms with Crippen LogP contribution < -0.4 is 10.0 Å². The summed E-state index contributed by atoms with van der Waals surface area (Å²) in [5.41, 5.74) is 0. The van der Waals surface area contributed by atoms with E-state index in [-0.39, 0.29) is 23.8 Å². The van der Waals surface area contributed by atoms with Crippen LogP contribution >= 0.6 is 12.4 Å². The van der Waals surface area contributed by atoms with Crippen molar-refractivity contribution in [2.75, 3.05) is 32.7 Å². The monoisotopic (exact) mass is 386 g/mol. The quantitative estimate of drug-likeness (QED) is 0.694. The molecule has 1 aromatic heterocycles. The van der Waals surface area contributed by atoms with Gasteiger partial charge in [-0.3, -0.25) is 9.88 Å². The van der Waals surface area contributed by atoms with Crippen molar-refractivity contribution in [1.82, 2.24) is 19.9 Å². The molecule has 0 aliphatic carbocycles. The van der Waals surface area contributed by atoms with Gasteiger partial charge in [0.25, 0.3) is 0 Å². The molecule has 2 heterocycles. The van der Waals surface area contributed by atoms with Gasteiger partial charge in [0.15, 0.2) is 0 Å². The molecule has 3 rings (SSSR count). The minimum Gasteiger partial charge on any atom is -0.377 e. The number of halogens is 1. The molecular weight excluding hydrogens is 364 g/mol. The van der Waals surface area contributed by atoms with Crippen molar-refractivity contribution in [3.63, 3.8) is 0 Å². The maximum absolute atomic E-state index is 12.6. The molecule has 1 fully saturated rings. The fourth-order valence-corrected chi connectivity index (χ4v) is 4.14. The molecule has 0 bridgehead atoms. The Morgan fingerprint density at radius 2 is 2.12 bits per heavy atom. The highest BCUT2D eigenvalue weighted by molar-refractivity contribution is 7.89. The molecule has 1 saturated heterocycles. The van der Waals surface area contributed by atoms with Gasteiger partial charge in [0.2, 0.25) is 10.0 Å². The first-order valence-electron chi connectivity index (χ1n) is 8.03. The lowest BCUT2D eigenvalue weighted by atomic mass is 10.2. The lowest BCUT2D eigenvalue weighted by molar-refractivity contribution is 0.0129. The van der Waals surface area contributed by atoms with Crippen LogP contribution in [0.1, 0.15) is 6.42 Å². The first-order valence-corrected chi connectivity index (χ1v) is 9.51. The van der Waals surface area contributed by atoms with Gasteiger partial charge in [-0.05, 0) is 25.1 Å². The van der Waals surface area contributed by atoms with Crippen LogP contribution in [-0.2, 0) is 10.0 Å². The fourth-order valence-electron chi connectivity index (χ4n) is 2.88. The van der Waals surface area contributed by atoms with E-state index in [0.717, 1.165) is 31.4 Å². The third-order valence-electron chi connectivity index (χ3n) is 4.18. The van der Waals surface area contributed by atoms with Gasteiger partial charge in [0.05, 0.1) is 11.4 Å². The molecule has 1 unspecified atom stereocenters. The van der Waals surface area contributed by atoms with Crippen molar-refractivity contribution in [3.05, 3.63) is 36.7 Å². The molecule has 0 spiro atoms. The van der Waals surface area contributed by atoms with E-state index in [9.17, 15) is 13.5 Å². The maximum Gasteiger partial charge on any atom is 0.241 e. The number of aliphatic hydroxyl groups is 1. The molecule has 9 heteroatoms. The summed E-state index contributed by atoms with van der Waals surface area (Å²) in [5.74, 6) is 0. The Morgan fingerprint density at radius 1 is 1.28 bits per heavy atom.